The molecule has 6 aromatic heterocycles. The van der Waals surface area contributed by atoms with Crippen LogP contribution in [0, 0.1) is 0 Å². The van der Waals surface area contributed by atoms with Gasteiger partial charge in [0, 0.05) is 46.7 Å². The first-order valence-corrected chi connectivity index (χ1v) is 10.7. The summed E-state index contributed by atoms with van der Waals surface area (Å²) in [7, 11) is 0. The van der Waals surface area contributed by atoms with E-state index in [1.807, 2.05) is 43.0 Å². The summed E-state index contributed by atoms with van der Waals surface area (Å²) >= 11 is 0. The molecule has 0 unspecified atom stereocenters. The van der Waals surface area contributed by atoms with E-state index in [1.165, 1.54) is 0 Å². The van der Waals surface area contributed by atoms with Crippen LogP contribution in [0.3, 0.4) is 0 Å². The minimum atomic E-state index is 0.321. The highest BCUT2D eigenvalue weighted by molar-refractivity contribution is 5.99. The smallest absolute Gasteiger partial charge is 0.135 e. The summed E-state index contributed by atoms with van der Waals surface area (Å²) in [6, 6.07) is 10.4. The molecule has 6 rings (SSSR count). The van der Waals surface area contributed by atoms with Crippen molar-refractivity contribution in [2.24, 2.45) is 0 Å². The second-order valence-electron chi connectivity index (χ2n) is 8.27. The third kappa shape index (κ3) is 3.41. The van der Waals surface area contributed by atoms with Gasteiger partial charge in [-0.05, 0) is 44.2 Å². The number of nitrogens with one attached hydrogen (secondary N) is 3. The lowest BCUT2D eigenvalue weighted by atomic mass is 10.1. The maximum absolute atomic E-state index is 5.26. The molecule has 0 bridgehead atoms. The van der Waals surface area contributed by atoms with E-state index in [9.17, 15) is 0 Å². The Bertz CT molecular complexity index is 1580. The predicted molar refractivity (Wildman–Crippen MR) is 129 cm³/mol. The number of aromatic amines is 2. The van der Waals surface area contributed by atoms with Crippen LogP contribution in [0.25, 0.3) is 55.7 Å². The number of aromatic nitrogens is 6. The zero-order chi connectivity index (χ0) is 22.4. The monoisotopic (exact) mass is 435 g/mol. The van der Waals surface area contributed by atoms with Gasteiger partial charge in [0.05, 0.1) is 46.8 Å². The Kier molecular flexibility index (Phi) is 4.43. The predicted octanol–water partition coefficient (Wildman–Crippen LogP) is 5.64. The van der Waals surface area contributed by atoms with Gasteiger partial charge in [0.2, 0.25) is 0 Å². The van der Waals surface area contributed by atoms with Gasteiger partial charge in [0.15, 0.2) is 0 Å². The van der Waals surface area contributed by atoms with Crippen molar-refractivity contribution < 1.29 is 4.42 Å². The molecule has 0 aromatic carbocycles. The van der Waals surface area contributed by atoms with Crippen LogP contribution in [0.1, 0.15) is 13.8 Å². The number of nitrogens with zero attached hydrogens (tertiary/aromatic N) is 4. The molecule has 8 nitrogen and oxygen atoms in total. The van der Waals surface area contributed by atoms with Crippen LogP contribution in [-0.4, -0.2) is 36.2 Å². The van der Waals surface area contributed by atoms with Crippen LogP contribution in [0.15, 0.2) is 72.1 Å². The summed E-state index contributed by atoms with van der Waals surface area (Å²) in [5.74, 6) is 0. The number of H-pyrrole nitrogens is 2. The number of hydrogen-bond acceptors (Lipinski definition) is 6. The number of fused-ring (bicyclic) bond motifs is 2. The molecule has 0 aliphatic rings. The van der Waals surface area contributed by atoms with Crippen molar-refractivity contribution in [1.29, 1.82) is 0 Å². The van der Waals surface area contributed by atoms with E-state index in [0.717, 1.165) is 61.4 Å². The van der Waals surface area contributed by atoms with E-state index in [4.69, 9.17) is 9.40 Å². The van der Waals surface area contributed by atoms with Crippen LogP contribution in [0.2, 0.25) is 0 Å². The van der Waals surface area contributed by atoms with E-state index in [2.05, 4.69) is 56.4 Å². The number of rotatable bonds is 5. The molecule has 3 N–H and O–H groups in total. The molecule has 8 heteroatoms. The number of furan rings is 1. The van der Waals surface area contributed by atoms with Gasteiger partial charge >= 0.3 is 0 Å². The van der Waals surface area contributed by atoms with Crippen LogP contribution in [-0.2, 0) is 0 Å². The topological polar surface area (TPSA) is 108 Å². The van der Waals surface area contributed by atoms with Gasteiger partial charge in [-0.3, -0.25) is 15.1 Å². The first kappa shape index (κ1) is 19.2. The zero-order valence-electron chi connectivity index (χ0n) is 18.1. The molecule has 0 aliphatic heterocycles. The van der Waals surface area contributed by atoms with Crippen molar-refractivity contribution in [3.8, 4) is 33.8 Å². The second kappa shape index (κ2) is 7.59. The van der Waals surface area contributed by atoms with Gasteiger partial charge < -0.3 is 14.7 Å². The van der Waals surface area contributed by atoms with Crippen molar-refractivity contribution in [1.82, 2.24) is 30.1 Å². The molecule has 0 atom stereocenters. The van der Waals surface area contributed by atoms with Crippen molar-refractivity contribution in [3.05, 3.63) is 67.6 Å². The standard InChI is InChI=1S/C25H21N7O/c1-14(2)28-17-7-16(9-26-10-17)20-3-4-21-24(30-20)25(32-31-21)22-8-18-19(15-5-6-33-13-15)11-27-12-23(18)29-22/h3-14,28-29H,1-2H3,(H,31,32). The summed E-state index contributed by atoms with van der Waals surface area (Å²) < 4.78 is 5.26. The van der Waals surface area contributed by atoms with Crippen LogP contribution >= 0.6 is 0 Å². The molecule has 6 aromatic rings. The Morgan fingerprint density at radius 2 is 1.85 bits per heavy atom. The van der Waals surface area contributed by atoms with Gasteiger partial charge in [-0.2, -0.15) is 5.10 Å². The minimum absolute atomic E-state index is 0.321. The normalized spacial score (nSPS) is 11.6. The highest BCUT2D eigenvalue weighted by Gasteiger charge is 2.16. The SMILES string of the molecule is CC(C)Nc1cncc(-c2ccc3[nH]nc(-c4cc5c(-c6ccoc6)cncc5[nH]4)c3n2)c1. The average molecular weight is 435 g/mol. The molecular weight excluding hydrogens is 414 g/mol. The van der Waals surface area contributed by atoms with E-state index in [1.54, 1.807) is 12.5 Å². The summed E-state index contributed by atoms with van der Waals surface area (Å²) in [6.45, 7) is 4.20. The Morgan fingerprint density at radius 1 is 0.939 bits per heavy atom. The third-order valence-electron chi connectivity index (χ3n) is 5.53. The molecule has 6 heterocycles. The molecule has 162 valence electrons. The molecule has 0 fully saturated rings. The number of hydrogen-bond donors (Lipinski definition) is 3. The first-order chi connectivity index (χ1) is 16.2. The lowest BCUT2D eigenvalue weighted by Gasteiger charge is -2.10. The van der Waals surface area contributed by atoms with E-state index >= 15 is 0 Å². The largest absolute Gasteiger partial charge is 0.472 e. The maximum atomic E-state index is 5.26. The van der Waals surface area contributed by atoms with Crippen molar-refractivity contribution in [2.75, 3.05) is 5.32 Å². The number of pyridine rings is 3. The molecule has 0 radical (unpaired) electrons. The van der Waals surface area contributed by atoms with Crippen LogP contribution in [0.5, 0.6) is 0 Å². The maximum Gasteiger partial charge on any atom is 0.135 e. The Balaban J connectivity index is 1.45. The lowest BCUT2D eigenvalue weighted by Crippen LogP contribution is -2.09. The van der Waals surface area contributed by atoms with Crippen molar-refractivity contribution in [2.45, 2.75) is 19.9 Å². The second-order valence-corrected chi connectivity index (χ2v) is 8.27. The van der Waals surface area contributed by atoms with Crippen LogP contribution < -0.4 is 5.32 Å². The quantitative estimate of drug-likeness (QED) is 0.323. The summed E-state index contributed by atoms with van der Waals surface area (Å²) in [6.07, 6.45) is 10.7. The molecule has 0 aliphatic carbocycles. The van der Waals surface area contributed by atoms with E-state index in [-0.39, 0.29) is 0 Å². The third-order valence-corrected chi connectivity index (χ3v) is 5.53. The Labute approximate surface area is 189 Å². The fraction of sp³-hybridized carbons (Fsp3) is 0.120. The highest BCUT2D eigenvalue weighted by Crippen LogP contribution is 2.33. The van der Waals surface area contributed by atoms with E-state index in [0.29, 0.717) is 6.04 Å². The zero-order valence-corrected chi connectivity index (χ0v) is 18.1. The Morgan fingerprint density at radius 3 is 2.70 bits per heavy atom. The van der Waals surface area contributed by atoms with Crippen LogP contribution in [0.4, 0.5) is 5.69 Å². The molecule has 0 saturated carbocycles. The fourth-order valence-electron chi connectivity index (χ4n) is 4.07. The molecule has 0 amide bonds. The van der Waals surface area contributed by atoms with Gasteiger partial charge in [-0.15, -0.1) is 0 Å². The minimum Gasteiger partial charge on any atom is -0.472 e. The molecule has 0 saturated heterocycles. The molecular formula is C25H21N7O. The number of anilines is 1. The summed E-state index contributed by atoms with van der Waals surface area (Å²) in [4.78, 5) is 17.1. The van der Waals surface area contributed by atoms with Crippen molar-refractivity contribution >= 4 is 27.6 Å². The highest BCUT2D eigenvalue weighted by atomic mass is 16.3. The van der Waals surface area contributed by atoms with Gasteiger partial charge in [-0.1, -0.05) is 0 Å². The summed E-state index contributed by atoms with van der Waals surface area (Å²) in [5.41, 5.74) is 8.92. The van der Waals surface area contributed by atoms with E-state index < -0.39 is 0 Å². The fourth-order valence-corrected chi connectivity index (χ4v) is 4.07. The van der Waals surface area contributed by atoms with Crippen molar-refractivity contribution in [3.63, 3.8) is 0 Å². The van der Waals surface area contributed by atoms with Gasteiger partial charge in [0.1, 0.15) is 11.2 Å². The van der Waals surface area contributed by atoms with Gasteiger partial charge in [-0.25, -0.2) is 4.98 Å². The molecule has 0 spiro atoms. The van der Waals surface area contributed by atoms with Gasteiger partial charge in [0.25, 0.3) is 0 Å². The summed E-state index contributed by atoms with van der Waals surface area (Å²) in [5, 5.41) is 12.1. The Hall–Kier alpha value is -4.46. The average Bonchev–Trinajstić information content (AvgIpc) is 3.57. The lowest BCUT2D eigenvalue weighted by molar-refractivity contribution is 0.568. The first-order valence-electron chi connectivity index (χ1n) is 10.7. The molecule has 33 heavy (non-hydrogen) atoms.